The van der Waals surface area contributed by atoms with Crippen molar-refractivity contribution >= 4 is 22.4 Å². The van der Waals surface area contributed by atoms with Crippen molar-refractivity contribution in [3.63, 3.8) is 0 Å². The monoisotopic (exact) mass is 275 g/mol. The molecule has 0 saturated heterocycles. The summed E-state index contributed by atoms with van der Waals surface area (Å²) >= 11 is 1.53. The van der Waals surface area contributed by atoms with Crippen LogP contribution in [0.4, 0.5) is 5.13 Å². The molecule has 0 bridgehead atoms. The lowest BCUT2D eigenvalue weighted by Crippen LogP contribution is -2.26. The maximum atomic E-state index is 11.9. The number of carbonyl (C=O) groups is 1. The van der Waals surface area contributed by atoms with Crippen LogP contribution in [0.2, 0.25) is 0 Å². The molecule has 2 aromatic heterocycles. The predicted octanol–water partition coefficient (Wildman–Crippen LogP) is 1.43. The molecule has 98 valence electrons. The van der Waals surface area contributed by atoms with Crippen LogP contribution in [0.5, 0.6) is 0 Å². The summed E-state index contributed by atoms with van der Waals surface area (Å²) in [6, 6.07) is 4.82. The van der Waals surface area contributed by atoms with E-state index in [0.29, 0.717) is 5.13 Å². The highest BCUT2D eigenvalue weighted by Crippen LogP contribution is 2.30. The third-order valence-electron chi connectivity index (χ3n) is 3.05. The van der Waals surface area contributed by atoms with E-state index in [9.17, 15) is 9.59 Å². The number of thiazole rings is 1. The van der Waals surface area contributed by atoms with Gasteiger partial charge in [0.05, 0.1) is 5.69 Å². The maximum Gasteiger partial charge on any atom is 0.250 e. The first-order chi connectivity index (χ1) is 9.22. The molecule has 1 N–H and O–H groups in total. The van der Waals surface area contributed by atoms with Crippen molar-refractivity contribution in [1.29, 1.82) is 0 Å². The Labute approximate surface area is 113 Å². The third kappa shape index (κ3) is 2.58. The lowest BCUT2D eigenvalue weighted by molar-refractivity contribution is -0.116. The Morgan fingerprint density at radius 1 is 1.42 bits per heavy atom. The number of aromatic nitrogens is 2. The van der Waals surface area contributed by atoms with Crippen LogP contribution in [-0.2, 0) is 24.2 Å². The van der Waals surface area contributed by atoms with Crippen LogP contribution in [0.25, 0.3) is 0 Å². The van der Waals surface area contributed by atoms with Crippen LogP contribution in [-0.4, -0.2) is 15.5 Å². The van der Waals surface area contributed by atoms with Crippen molar-refractivity contribution in [3.8, 4) is 0 Å². The molecule has 0 fully saturated rings. The molecule has 0 saturated carbocycles. The van der Waals surface area contributed by atoms with E-state index in [1.807, 2.05) is 0 Å². The smallest absolute Gasteiger partial charge is 0.250 e. The number of anilines is 1. The summed E-state index contributed by atoms with van der Waals surface area (Å²) in [5.74, 6) is -0.222. The minimum Gasteiger partial charge on any atom is -0.306 e. The zero-order valence-electron chi connectivity index (χ0n) is 10.3. The Bertz CT molecular complexity index is 653. The number of carbonyl (C=O) groups excluding carboxylic acids is 1. The molecule has 5 nitrogen and oxygen atoms in total. The average molecular weight is 275 g/mol. The van der Waals surface area contributed by atoms with Gasteiger partial charge in [0, 0.05) is 17.1 Å². The lowest BCUT2D eigenvalue weighted by Gasteiger charge is -2.04. The summed E-state index contributed by atoms with van der Waals surface area (Å²) in [6.45, 7) is 0.0178. The predicted molar refractivity (Wildman–Crippen MR) is 73.5 cm³/mol. The van der Waals surface area contributed by atoms with Crippen molar-refractivity contribution in [2.24, 2.45) is 0 Å². The number of hydrogen-bond donors (Lipinski definition) is 1. The SMILES string of the molecule is O=C(Cn1ccccc1=O)Nc1nc2c(s1)CCC2. The standard InChI is InChI=1S/C13H13N3O2S/c17-11(8-16-7-2-1-6-12(16)18)15-13-14-9-4-3-5-10(9)19-13/h1-2,6-7H,3-5,8H2,(H,14,15,17). The summed E-state index contributed by atoms with van der Waals surface area (Å²) in [5, 5.41) is 3.39. The number of fused-ring (bicyclic) bond motifs is 1. The summed E-state index contributed by atoms with van der Waals surface area (Å²) in [5.41, 5.74) is 0.927. The highest BCUT2D eigenvalue weighted by molar-refractivity contribution is 7.15. The Hall–Kier alpha value is -1.95. The first-order valence-corrected chi connectivity index (χ1v) is 6.98. The third-order valence-corrected chi connectivity index (χ3v) is 4.13. The van der Waals surface area contributed by atoms with Crippen molar-refractivity contribution in [1.82, 2.24) is 9.55 Å². The molecule has 1 aliphatic rings. The molecule has 0 unspecified atom stereocenters. The van der Waals surface area contributed by atoms with Crippen LogP contribution in [0.3, 0.4) is 0 Å². The van der Waals surface area contributed by atoms with E-state index in [2.05, 4.69) is 10.3 Å². The van der Waals surface area contributed by atoms with Gasteiger partial charge in [-0.3, -0.25) is 9.59 Å². The van der Waals surface area contributed by atoms with E-state index in [4.69, 9.17) is 0 Å². The summed E-state index contributed by atoms with van der Waals surface area (Å²) in [7, 11) is 0. The van der Waals surface area contributed by atoms with E-state index in [-0.39, 0.29) is 18.0 Å². The molecule has 6 heteroatoms. The number of aryl methyl sites for hydroxylation is 2. The number of amides is 1. The molecule has 0 aromatic carbocycles. The first kappa shape index (κ1) is 12.1. The van der Waals surface area contributed by atoms with E-state index < -0.39 is 0 Å². The fraction of sp³-hybridized carbons (Fsp3) is 0.308. The molecule has 0 atom stereocenters. The summed E-state index contributed by atoms with van der Waals surface area (Å²) in [4.78, 5) is 29.0. The van der Waals surface area contributed by atoms with Crippen LogP contribution < -0.4 is 10.9 Å². The van der Waals surface area contributed by atoms with Gasteiger partial charge in [-0.25, -0.2) is 4.98 Å². The lowest BCUT2D eigenvalue weighted by atomic mass is 10.4. The minimum atomic E-state index is -0.222. The molecule has 1 amide bonds. The maximum absolute atomic E-state index is 11.9. The number of hydrogen-bond acceptors (Lipinski definition) is 4. The summed E-state index contributed by atoms with van der Waals surface area (Å²) < 4.78 is 1.37. The van der Waals surface area contributed by atoms with E-state index >= 15 is 0 Å². The molecule has 0 spiro atoms. The van der Waals surface area contributed by atoms with Gasteiger partial charge in [-0.1, -0.05) is 6.07 Å². The van der Waals surface area contributed by atoms with E-state index in [0.717, 1.165) is 25.0 Å². The Morgan fingerprint density at radius 3 is 3.11 bits per heavy atom. The first-order valence-electron chi connectivity index (χ1n) is 6.16. The average Bonchev–Trinajstić information content (AvgIpc) is 2.92. The molecule has 0 radical (unpaired) electrons. The molecule has 2 heterocycles. The molecule has 2 aromatic rings. The fourth-order valence-electron chi connectivity index (χ4n) is 2.15. The van der Waals surface area contributed by atoms with Gasteiger partial charge in [-0.05, 0) is 25.3 Å². The van der Waals surface area contributed by atoms with Gasteiger partial charge in [-0.15, -0.1) is 11.3 Å². The largest absolute Gasteiger partial charge is 0.306 e. The zero-order valence-corrected chi connectivity index (χ0v) is 11.1. The number of nitrogens with one attached hydrogen (secondary N) is 1. The van der Waals surface area contributed by atoms with Crippen LogP contribution in [0.15, 0.2) is 29.2 Å². The van der Waals surface area contributed by atoms with Gasteiger partial charge < -0.3 is 9.88 Å². The van der Waals surface area contributed by atoms with Crippen LogP contribution in [0, 0.1) is 0 Å². The second-order valence-corrected chi connectivity index (χ2v) is 5.54. The number of pyridine rings is 1. The van der Waals surface area contributed by atoms with Gasteiger partial charge in [-0.2, -0.15) is 0 Å². The molecule has 3 rings (SSSR count). The van der Waals surface area contributed by atoms with Crippen molar-refractivity contribution in [3.05, 3.63) is 45.3 Å². The quantitative estimate of drug-likeness (QED) is 0.921. The van der Waals surface area contributed by atoms with E-state index in [1.165, 1.54) is 26.8 Å². The van der Waals surface area contributed by atoms with Gasteiger partial charge in [0.25, 0.3) is 5.56 Å². The molecule has 19 heavy (non-hydrogen) atoms. The fourth-order valence-corrected chi connectivity index (χ4v) is 3.21. The van der Waals surface area contributed by atoms with E-state index in [1.54, 1.807) is 18.3 Å². The zero-order chi connectivity index (χ0) is 13.2. The number of rotatable bonds is 3. The van der Waals surface area contributed by atoms with Crippen LogP contribution >= 0.6 is 11.3 Å². The highest BCUT2D eigenvalue weighted by Gasteiger charge is 2.17. The van der Waals surface area contributed by atoms with Crippen molar-refractivity contribution < 1.29 is 4.79 Å². The van der Waals surface area contributed by atoms with Crippen molar-refractivity contribution in [2.45, 2.75) is 25.8 Å². The van der Waals surface area contributed by atoms with Gasteiger partial charge >= 0.3 is 0 Å². The molecule has 1 aliphatic carbocycles. The topological polar surface area (TPSA) is 64.0 Å². The molecular weight excluding hydrogens is 262 g/mol. The molecule has 0 aliphatic heterocycles. The molecular formula is C13H13N3O2S. The normalized spacial score (nSPS) is 13.3. The van der Waals surface area contributed by atoms with Crippen molar-refractivity contribution in [2.75, 3.05) is 5.32 Å². The van der Waals surface area contributed by atoms with Gasteiger partial charge in [0.2, 0.25) is 5.91 Å². The Kier molecular flexibility index (Phi) is 3.16. The second-order valence-electron chi connectivity index (χ2n) is 4.46. The number of nitrogens with zero attached hydrogens (tertiary/aromatic N) is 2. The highest BCUT2D eigenvalue weighted by atomic mass is 32.1. The van der Waals surface area contributed by atoms with Crippen LogP contribution in [0.1, 0.15) is 17.0 Å². The Balaban J connectivity index is 1.68. The van der Waals surface area contributed by atoms with Gasteiger partial charge in [0.1, 0.15) is 6.54 Å². The Morgan fingerprint density at radius 2 is 2.32 bits per heavy atom. The minimum absolute atomic E-state index is 0.0178. The second kappa shape index (κ2) is 4.97. The summed E-state index contributed by atoms with van der Waals surface area (Å²) in [6.07, 6.45) is 4.81. The van der Waals surface area contributed by atoms with Gasteiger partial charge in [0.15, 0.2) is 5.13 Å².